The summed E-state index contributed by atoms with van der Waals surface area (Å²) in [6.07, 6.45) is 2.71. The Bertz CT molecular complexity index is 370. The lowest BCUT2D eigenvalue weighted by Gasteiger charge is -2.14. The summed E-state index contributed by atoms with van der Waals surface area (Å²) in [5.74, 6) is -2.54. The van der Waals surface area contributed by atoms with Gasteiger partial charge in [-0.25, -0.2) is 4.98 Å². The fourth-order valence-corrected chi connectivity index (χ4v) is 1.64. The molecule has 0 unspecified atom stereocenters. The molecule has 0 amide bonds. The van der Waals surface area contributed by atoms with Gasteiger partial charge in [0.15, 0.2) is 0 Å². The first-order chi connectivity index (χ1) is 7.54. The fraction of sp³-hybridized carbons (Fsp3) is 0.500. The maximum absolute atomic E-state index is 10.7. The van der Waals surface area contributed by atoms with Crippen molar-refractivity contribution in [3.8, 4) is 0 Å². The zero-order chi connectivity index (χ0) is 12.1. The van der Waals surface area contributed by atoms with E-state index in [2.05, 4.69) is 4.98 Å². The van der Waals surface area contributed by atoms with Crippen LogP contribution in [0.25, 0.3) is 0 Å². The number of carboxylic acids is 2. The molecular formula is C10H14N2O4. The Morgan fingerprint density at radius 1 is 1.38 bits per heavy atom. The Morgan fingerprint density at radius 2 is 1.94 bits per heavy atom. The number of rotatable bonds is 6. The van der Waals surface area contributed by atoms with E-state index in [1.165, 1.54) is 6.20 Å². The van der Waals surface area contributed by atoms with Crippen molar-refractivity contribution in [2.45, 2.75) is 32.2 Å². The predicted octanol–water partition coefficient (Wildman–Crippen LogP) is 0.936. The van der Waals surface area contributed by atoms with Crippen LogP contribution in [-0.2, 0) is 16.1 Å². The van der Waals surface area contributed by atoms with Gasteiger partial charge in [0.25, 0.3) is 0 Å². The summed E-state index contributed by atoms with van der Waals surface area (Å²) >= 11 is 0. The van der Waals surface area contributed by atoms with Crippen molar-refractivity contribution >= 4 is 11.9 Å². The number of imidazole rings is 1. The summed E-state index contributed by atoms with van der Waals surface area (Å²) in [6.45, 7) is 2.54. The number of aliphatic carboxylic acids is 2. The zero-order valence-electron chi connectivity index (χ0n) is 8.96. The first kappa shape index (κ1) is 12.2. The second kappa shape index (κ2) is 5.29. The van der Waals surface area contributed by atoms with Crippen molar-refractivity contribution in [2.75, 3.05) is 0 Å². The first-order valence-electron chi connectivity index (χ1n) is 4.98. The summed E-state index contributed by atoms with van der Waals surface area (Å²) in [7, 11) is 0. The lowest BCUT2D eigenvalue weighted by Crippen LogP contribution is -2.14. The quantitative estimate of drug-likeness (QED) is 0.752. The van der Waals surface area contributed by atoms with E-state index in [1.807, 2.05) is 6.92 Å². The highest BCUT2D eigenvalue weighted by atomic mass is 16.4. The van der Waals surface area contributed by atoms with Gasteiger partial charge in [0.2, 0.25) is 0 Å². The number of hydrogen-bond acceptors (Lipinski definition) is 3. The van der Waals surface area contributed by atoms with E-state index in [-0.39, 0.29) is 12.8 Å². The third-order valence-corrected chi connectivity index (χ3v) is 2.35. The van der Waals surface area contributed by atoms with Crippen LogP contribution in [0.3, 0.4) is 0 Å². The number of hydrogen-bond donors (Lipinski definition) is 2. The third-order valence-electron chi connectivity index (χ3n) is 2.35. The van der Waals surface area contributed by atoms with Crippen molar-refractivity contribution in [2.24, 2.45) is 0 Å². The zero-order valence-corrected chi connectivity index (χ0v) is 8.96. The molecule has 16 heavy (non-hydrogen) atoms. The molecule has 0 radical (unpaired) electrons. The van der Waals surface area contributed by atoms with Gasteiger partial charge in [-0.3, -0.25) is 9.59 Å². The first-order valence-corrected chi connectivity index (χ1v) is 4.98. The average Bonchev–Trinajstić information content (AvgIpc) is 2.62. The highest BCUT2D eigenvalue weighted by Gasteiger charge is 2.21. The standard InChI is InChI=1S/C10H14N2O4/c1-2-12-6-11-5-8(12)7(3-9(13)14)4-10(15)16/h5-7H,2-4H2,1H3,(H,13,14)(H,15,16). The normalized spacial score (nSPS) is 10.6. The molecule has 0 aliphatic rings. The molecule has 0 aliphatic heterocycles. The van der Waals surface area contributed by atoms with Gasteiger partial charge in [-0.05, 0) is 6.92 Å². The molecular weight excluding hydrogens is 212 g/mol. The number of carbonyl (C=O) groups is 2. The van der Waals surface area contributed by atoms with Gasteiger partial charge in [-0.1, -0.05) is 0 Å². The van der Waals surface area contributed by atoms with Crippen LogP contribution >= 0.6 is 0 Å². The molecule has 6 nitrogen and oxygen atoms in total. The highest BCUT2D eigenvalue weighted by Crippen LogP contribution is 2.23. The van der Waals surface area contributed by atoms with Crippen molar-refractivity contribution in [1.82, 2.24) is 9.55 Å². The van der Waals surface area contributed by atoms with Crippen LogP contribution in [0.5, 0.6) is 0 Å². The number of aryl methyl sites for hydroxylation is 1. The second-order valence-electron chi connectivity index (χ2n) is 3.50. The van der Waals surface area contributed by atoms with Crippen molar-refractivity contribution in [3.05, 3.63) is 18.2 Å². The predicted molar refractivity (Wildman–Crippen MR) is 55.1 cm³/mol. The summed E-state index contributed by atoms with van der Waals surface area (Å²) in [6, 6.07) is 0. The molecule has 1 heterocycles. The Kier molecular flexibility index (Phi) is 4.04. The minimum Gasteiger partial charge on any atom is -0.481 e. The maximum Gasteiger partial charge on any atom is 0.304 e. The molecule has 0 aliphatic carbocycles. The molecule has 0 saturated heterocycles. The van der Waals surface area contributed by atoms with Gasteiger partial charge in [-0.2, -0.15) is 0 Å². The van der Waals surface area contributed by atoms with Crippen LogP contribution in [0.1, 0.15) is 31.4 Å². The van der Waals surface area contributed by atoms with E-state index in [1.54, 1.807) is 10.9 Å². The lowest BCUT2D eigenvalue weighted by molar-refractivity contribution is -0.139. The van der Waals surface area contributed by atoms with Gasteiger partial charge in [0, 0.05) is 24.4 Å². The monoisotopic (exact) mass is 226 g/mol. The summed E-state index contributed by atoms with van der Waals surface area (Å²) in [5, 5.41) is 17.5. The van der Waals surface area contributed by atoms with Crippen LogP contribution < -0.4 is 0 Å². The Hall–Kier alpha value is -1.85. The molecule has 0 saturated carbocycles. The Morgan fingerprint density at radius 3 is 2.38 bits per heavy atom. The maximum atomic E-state index is 10.7. The van der Waals surface area contributed by atoms with Gasteiger partial charge < -0.3 is 14.8 Å². The molecule has 2 N–H and O–H groups in total. The lowest BCUT2D eigenvalue weighted by atomic mass is 9.98. The topological polar surface area (TPSA) is 92.4 Å². The largest absolute Gasteiger partial charge is 0.481 e. The van der Waals surface area contributed by atoms with Crippen LogP contribution in [0.2, 0.25) is 0 Å². The van der Waals surface area contributed by atoms with Crippen molar-refractivity contribution < 1.29 is 19.8 Å². The molecule has 0 atom stereocenters. The van der Waals surface area contributed by atoms with Gasteiger partial charge in [0.1, 0.15) is 0 Å². The van der Waals surface area contributed by atoms with E-state index in [4.69, 9.17) is 10.2 Å². The molecule has 88 valence electrons. The van der Waals surface area contributed by atoms with Crippen LogP contribution in [0.15, 0.2) is 12.5 Å². The Balaban J connectivity index is 2.90. The van der Waals surface area contributed by atoms with E-state index in [9.17, 15) is 9.59 Å². The summed E-state index contributed by atoms with van der Waals surface area (Å²) in [4.78, 5) is 25.2. The number of carboxylic acid groups (broad SMARTS) is 2. The van der Waals surface area contributed by atoms with Crippen LogP contribution in [0.4, 0.5) is 0 Å². The second-order valence-corrected chi connectivity index (χ2v) is 3.50. The molecule has 0 aromatic carbocycles. The van der Waals surface area contributed by atoms with Gasteiger partial charge in [0.05, 0.1) is 19.2 Å². The minimum absolute atomic E-state index is 0.196. The van der Waals surface area contributed by atoms with E-state index >= 15 is 0 Å². The van der Waals surface area contributed by atoms with E-state index in [0.717, 1.165) is 0 Å². The third kappa shape index (κ3) is 3.08. The SMILES string of the molecule is CCn1cncc1C(CC(=O)O)CC(=O)O. The van der Waals surface area contributed by atoms with Crippen molar-refractivity contribution in [3.63, 3.8) is 0 Å². The van der Waals surface area contributed by atoms with E-state index in [0.29, 0.717) is 12.2 Å². The molecule has 0 bridgehead atoms. The average molecular weight is 226 g/mol. The number of aromatic nitrogens is 2. The van der Waals surface area contributed by atoms with E-state index < -0.39 is 17.9 Å². The molecule has 1 rings (SSSR count). The molecule has 0 spiro atoms. The van der Waals surface area contributed by atoms with Gasteiger partial charge in [-0.15, -0.1) is 0 Å². The number of nitrogens with zero attached hydrogens (tertiary/aromatic N) is 2. The highest BCUT2D eigenvalue weighted by molar-refractivity contribution is 5.72. The van der Waals surface area contributed by atoms with Crippen molar-refractivity contribution in [1.29, 1.82) is 0 Å². The summed E-state index contributed by atoms with van der Waals surface area (Å²) < 4.78 is 1.76. The molecule has 1 aromatic heterocycles. The molecule has 1 aromatic rings. The molecule has 6 heteroatoms. The summed E-state index contributed by atoms with van der Waals surface area (Å²) in [5.41, 5.74) is 0.660. The van der Waals surface area contributed by atoms with Gasteiger partial charge >= 0.3 is 11.9 Å². The minimum atomic E-state index is -1.00. The molecule has 0 fully saturated rings. The van der Waals surface area contributed by atoms with Crippen LogP contribution in [0, 0.1) is 0 Å². The fourth-order valence-electron chi connectivity index (χ4n) is 1.64. The Labute approximate surface area is 92.5 Å². The smallest absolute Gasteiger partial charge is 0.304 e. The van der Waals surface area contributed by atoms with Crippen LogP contribution in [-0.4, -0.2) is 31.7 Å².